The van der Waals surface area contributed by atoms with E-state index in [9.17, 15) is 9.90 Å². The summed E-state index contributed by atoms with van der Waals surface area (Å²) >= 11 is 0. The Bertz CT molecular complexity index is 727. The number of rotatable bonds is 5. The van der Waals surface area contributed by atoms with Gasteiger partial charge < -0.3 is 10.0 Å². The van der Waals surface area contributed by atoms with Crippen molar-refractivity contribution in [1.29, 1.82) is 0 Å². The predicted octanol–water partition coefficient (Wildman–Crippen LogP) is 2.84. The van der Waals surface area contributed by atoms with Gasteiger partial charge in [0.25, 0.3) is 0 Å². The number of likely N-dealkylation sites (N-methyl/N-ethyl adjacent to an activating group) is 2. The first-order valence-corrected chi connectivity index (χ1v) is 8.82. The number of phenols is 1. The summed E-state index contributed by atoms with van der Waals surface area (Å²) in [7, 11) is 4.03. The number of carbonyl (C=O) groups is 1. The van der Waals surface area contributed by atoms with Crippen molar-refractivity contribution in [3.05, 3.63) is 65.2 Å². The molecule has 0 bridgehead atoms. The zero-order valence-corrected chi connectivity index (χ0v) is 15.0. The van der Waals surface area contributed by atoms with E-state index >= 15 is 0 Å². The lowest BCUT2D eigenvalue weighted by atomic mass is 9.94. The van der Waals surface area contributed by atoms with Crippen LogP contribution in [0.1, 0.15) is 23.1 Å². The Morgan fingerprint density at radius 1 is 1.16 bits per heavy atom. The summed E-state index contributed by atoms with van der Waals surface area (Å²) in [6, 6.07) is 16.0. The number of nitrogens with zero attached hydrogens (tertiary/aromatic N) is 2. The fourth-order valence-corrected chi connectivity index (χ4v) is 3.44. The van der Waals surface area contributed by atoms with Gasteiger partial charge in [0.05, 0.1) is 0 Å². The zero-order chi connectivity index (χ0) is 17.8. The number of aryl methyl sites for hydroxylation is 1. The van der Waals surface area contributed by atoms with Gasteiger partial charge in [0.2, 0.25) is 5.91 Å². The van der Waals surface area contributed by atoms with Gasteiger partial charge in [0.15, 0.2) is 0 Å². The van der Waals surface area contributed by atoms with E-state index in [4.69, 9.17) is 0 Å². The molecule has 0 saturated heterocycles. The lowest BCUT2D eigenvalue weighted by Gasteiger charge is -2.36. The molecule has 132 valence electrons. The molecule has 0 aliphatic carbocycles. The molecule has 25 heavy (non-hydrogen) atoms. The molecule has 1 amide bonds. The molecule has 1 aliphatic heterocycles. The highest BCUT2D eigenvalue weighted by atomic mass is 16.3. The molecule has 0 spiro atoms. The van der Waals surface area contributed by atoms with Gasteiger partial charge in [-0.15, -0.1) is 0 Å². The SMILES string of the molecule is CN(C[C@@H]1Cc2ccccc2CN1C)C(=O)CCc1ccc(O)cc1. The molecule has 1 N–H and O–H groups in total. The first-order valence-electron chi connectivity index (χ1n) is 8.82. The van der Waals surface area contributed by atoms with E-state index in [2.05, 4.69) is 36.2 Å². The molecule has 2 aromatic carbocycles. The van der Waals surface area contributed by atoms with Gasteiger partial charge in [-0.1, -0.05) is 36.4 Å². The molecule has 0 unspecified atom stereocenters. The highest BCUT2D eigenvalue weighted by Gasteiger charge is 2.25. The molecular weight excluding hydrogens is 312 g/mol. The second kappa shape index (κ2) is 7.70. The summed E-state index contributed by atoms with van der Waals surface area (Å²) < 4.78 is 0. The number of hydrogen-bond donors (Lipinski definition) is 1. The molecule has 3 rings (SSSR count). The van der Waals surface area contributed by atoms with Crippen LogP contribution in [0.2, 0.25) is 0 Å². The molecule has 4 nitrogen and oxygen atoms in total. The number of phenolic OH excluding ortho intramolecular Hbond substituents is 1. The van der Waals surface area contributed by atoms with Gasteiger partial charge in [-0.25, -0.2) is 0 Å². The van der Waals surface area contributed by atoms with E-state index in [1.165, 1.54) is 11.1 Å². The summed E-state index contributed by atoms with van der Waals surface area (Å²) in [6.45, 7) is 1.69. The molecule has 4 heteroatoms. The molecule has 2 aromatic rings. The maximum atomic E-state index is 12.5. The van der Waals surface area contributed by atoms with Gasteiger partial charge in [0, 0.05) is 32.6 Å². The van der Waals surface area contributed by atoms with Crippen molar-refractivity contribution < 1.29 is 9.90 Å². The average Bonchev–Trinajstić information content (AvgIpc) is 2.61. The fraction of sp³-hybridized carbons (Fsp3) is 0.381. The minimum absolute atomic E-state index is 0.167. The third kappa shape index (κ3) is 4.40. The van der Waals surface area contributed by atoms with Gasteiger partial charge in [-0.3, -0.25) is 9.69 Å². The fourth-order valence-electron chi connectivity index (χ4n) is 3.44. The van der Waals surface area contributed by atoms with Crippen LogP contribution in [0.25, 0.3) is 0 Å². The van der Waals surface area contributed by atoms with E-state index < -0.39 is 0 Å². The zero-order valence-electron chi connectivity index (χ0n) is 15.0. The Morgan fingerprint density at radius 3 is 2.56 bits per heavy atom. The van der Waals surface area contributed by atoms with Gasteiger partial charge in [-0.05, 0) is 48.7 Å². The smallest absolute Gasteiger partial charge is 0.222 e. The maximum Gasteiger partial charge on any atom is 0.222 e. The Balaban J connectivity index is 1.53. The van der Waals surface area contributed by atoms with Crippen molar-refractivity contribution in [2.45, 2.75) is 31.8 Å². The second-order valence-electron chi connectivity index (χ2n) is 6.98. The van der Waals surface area contributed by atoms with Crippen LogP contribution in [0.3, 0.4) is 0 Å². The number of carbonyl (C=O) groups excluding carboxylic acids is 1. The highest BCUT2D eigenvalue weighted by molar-refractivity contribution is 5.76. The van der Waals surface area contributed by atoms with Crippen LogP contribution in [0, 0.1) is 0 Å². The summed E-state index contributed by atoms with van der Waals surface area (Å²) in [5, 5.41) is 9.32. The third-order valence-corrected chi connectivity index (χ3v) is 5.09. The minimum atomic E-state index is 0.167. The molecule has 0 radical (unpaired) electrons. The van der Waals surface area contributed by atoms with Gasteiger partial charge >= 0.3 is 0 Å². The Labute approximate surface area is 149 Å². The Kier molecular flexibility index (Phi) is 5.39. The molecular formula is C21H26N2O2. The predicted molar refractivity (Wildman–Crippen MR) is 99.5 cm³/mol. The number of fused-ring (bicyclic) bond motifs is 1. The summed E-state index contributed by atoms with van der Waals surface area (Å²) in [5.41, 5.74) is 3.86. The van der Waals surface area contributed by atoms with Crippen molar-refractivity contribution in [2.75, 3.05) is 20.6 Å². The first-order chi connectivity index (χ1) is 12.0. The lowest BCUT2D eigenvalue weighted by Crippen LogP contribution is -2.46. The standard InChI is InChI=1S/C21H26N2O2/c1-22-14-18-6-4-3-5-17(18)13-19(22)15-23(2)21(25)12-9-16-7-10-20(24)11-8-16/h3-8,10-11,19,24H,9,12-15H2,1-2H3/t19-/m0/s1. The molecule has 0 aromatic heterocycles. The molecule has 1 aliphatic rings. The molecule has 1 atom stereocenters. The van der Waals surface area contributed by atoms with Crippen LogP contribution in [-0.2, 0) is 24.2 Å². The van der Waals surface area contributed by atoms with E-state index in [1.807, 2.05) is 24.1 Å². The van der Waals surface area contributed by atoms with Gasteiger partial charge in [0.1, 0.15) is 5.75 Å². The van der Waals surface area contributed by atoms with Crippen LogP contribution in [0.4, 0.5) is 0 Å². The monoisotopic (exact) mass is 338 g/mol. The van der Waals surface area contributed by atoms with Crippen LogP contribution in [0.15, 0.2) is 48.5 Å². The molecule has 0 fully saturated rings. The summed E-state index contributed by atoms with van der Waals surface area (Å²) in [5.74, 6) is 0.424. The Hall–Kier alpha value is -2.33. The topological polar surface area (TPSA) is 43.8 Å². The largest absolute Gasteiger partial charge is 0.508 e. The highest BCUT2D eigenvalue weighted by Crippen LogP contribution is 2.22. The normalized spacial score (nSPS) is 17.1. The number of hydrogen-bond acceptors (Lipinski definition) is 3. The average molecular weight is 338 g/mol. The van der Waals surface area contributed by atoms with E-state index in [0.717, 1.165) is 25.1 Å². The lowest BCUT2D eigenvalue weighted by molar-refractivity contribution is -0.130. The van der Waals surface area contributed by atoms with Crippen molar-refractivity contribution in [2.24, 2.45) is 0 Å². The van der Waals surface area contributed by atoms with Crippen LogP contribution in [-0.4, -0.2) is 47.5 Å². The summed E-state index contributed by atoms with van der Waals surface area (Å²) in [4.78, 5) is 16.7. The maximum absolute atomic E-state index is 12.5. The Morgan fingerprint density at radius 2 is 1.84 bits per heavy atom. The number of aromatic hydroxyl groups is 1. The van der Waals surface area contributed by atoms with E-state index in [0.29, 0.717) is 18.9 Å². The van der Waals surface area contributed by atoms with E-state index in [1.54, 1.807) is 12.1 Å². The second-order valence-corrected chi connectivity index (χ2v) is 6.98. The van der Waals surface area contributed by atoms with Crippen LogP contribution < -0.4 is 0 Å². The summed E-state index contributed by atoms with van der Waals surface area (Å²) in [6.07, 6.45) is 2.18. The van der Waals surface area contributed by atoms with Crippen molar-refractivity contribution >= 4 is 5.91 Å². The van der Waals surface area contributed by atoms with E-state index in [-0.39, 0.29) is 11.7 Å². The van der Waals surface area contributed by atoms with Crippen molar-refractivity contribution in [3.8, 4) is 5.75 Å². The first kappa shape index (κ1) is 17.5. The number of benzene rings is 2. The van der Waals surface area contributed by atoms with Crippen molar-refractivity contribution in [3.63, 3.8) is 0 Å². The molecule has 1 heterocycles. The van der Waals surface area contributed by atoms with Crippen molar-refractivity contribution in [1.82, 2.24) is 9.80 Å². The van der Waals surface area contributed by atoms with Crippen LogP contribution in [0.5, 0.6) is 5.75 Å². The minimum Gasteiger partial charge on any atom is -0.508 e. The number of amides is 1. The van der Waals surface area contributed by atoms with Gasteiger partial charge in [-0.2, -0.15) is 0 Å². The molecule has 0 saturated carbocycles. The third-order valence-electron chi connectivity index (χ3n) is 5.09. The quantitative estimate of drug-likeness (QED) is 0.912. The van der Waals surface area contributed by atoms with Crippen LogP contribution >= 0.6 is 0 Å².